The van der Waals surface area contributed by atoms with Crippen molar-refractivity contribution in [3.63, 3.8) is 0 Å². The number of piperazine rings is 1. The number of methoxy groups -OCH3 is 1. The minimum atomic E-state index is -0.0382. The van der Waals surface area contributed by atoms with Gasteiger partial charge in [0.25, 0.3) is 0 Å². The van der Waals surface area contributed by atoms with Crippen LogP contribution in [0.25, 0.3) is 10.9 Å². The highest BCUT2D eigenvalue weighted by Crippen LogP contribution is 2.37. The van der Waals surface area contributed by atoms with Crippen LogP contribution in [0, 0.1) is 0 Å². The normalized spacial score (nSPS) is 14.8. The summed E-state index contributed by atoms with van der Waals surface area (Å²) in [5.74, 6) is 0.645. The van der Waals surface area contributed by atoms with Crippen molar-refractivity contribution in [2.45, 2.75) is 0 Å². The molecule has 4 rings (SSSR count). The lowest BCUT2D eigenvalue weighted by atomic mass is 10.2. The number of H-pyrrole nitrogens is 1. The monoisotopic (exact) mass is 395 g/mol. The van der Waals surface area contributed by atoms with Crippen LogP contribution in [0.15, 0.2) is 58.8 Å². The van der Waals surface area contributed by atoms with Crippen LogP contribution in [0.5, 0.6) is 11.6 Å². The lowest BCUT2D eigenvalue weighted by Crippen LogP contribution is -2.47. The highest BCUT2D eigenvalue weighted by atomic mass is 32.1. The summed E-state index contributed by atoms with van der Waals surface area (Å²) in [6, 6.07) is 15.8. The molecule has 2 N–H and O–H groups in total. The molecule has 1 aliphatic rings. The Kier molecular flexibility index (Phi) is 5.12. The van der Waals surface area contributed by atoms with Crippen molar-refractivity contribution in [1.29, 1.82) is 0 Å². The fourth-order valence-electron chi connectivity index (χ4n) is 3.32. The summed E-state index contributed by atoms with van der Waals surface area (Å²) < 4.78 is 5.25. The highest BCUT2D eigenvalue weighted by molar-refractivity contribution is 7.80. The van der Waals surface area contributed by atoms with Crippen LogP contribution >= 0.6 is 12.2 Å². The van der Waals surface area contributed by atoms with Crippen LogP contribution in [0.2, 0.25) is 0 Å². The number of rotatable bonds is 3. The van der Waals surface area contributed by atoms with Gasteiger partial charge in [-0.1, -0.05) is 18.2 Å². The number of para-hydroxylation sites is 1. The standard InChI is InChI=1S/C20H21N5O2S/c1-27-15-7-8-17-16(13-15)18(19(26)21-17)22-23-20(28)25-11-9-24(10-12-25)14-5-3-2-4-6-14/h2-8,13,21,26H,9-12H2,1H3. The second-order valence-electron chi connectivity index (χ2n) is 6.53. The molecule has 3 aromatic rings. The minimum Gasteiger partial charge on any atom is -0.497 e. The van der Waals surface area contributed by atoms with Gasteiger partial charge in [0.05, 0.1) is 12.6 Å². The quantitative estimate of drug-likeness (QED) is 0.516. The Morgan fingerprint density at radius 1 is 1.11 bits per heavy atom. The van der Waals surface area contributed by atoms with Crippen molar-refractivity contribution in [2.24, 2.45) is 10.2 Å². The maximum Gasteiger partial charge on any atom is 0.218 e. The zero-order valence-corrected chi connectivity index (χ0v) is 16.3. The first-order valence-electron chi connectivity index (χ1n) is 9.05. The molecular weight excluding hydrogens is 374 g/mol. The van der Waals surface area contributed by atoms with Crippen LogP contribution in [-0.4, -0.2) is 53.4 Å². The lowest BCUT2D eigenvalue weighted by molar-refractivity contribution is 0.387. The SMILES string of the molecule is COc1ccc2[nH]c(O)c(N=NC(=S)N3CCN(c4ccccc4)CC3)c2c1. The first kappa shape index (κ1) is 18.2. The van der Waals surface area contributed by atoms with E-state index in [9.17, 15) is 5.11 Å². The number of aromatic amines is 1. The molecule has 1 aromatic heterocycles. The Balaban J connectivity index is 1.45. The van der Waals surface area contributed by atoms with E-state index in [0.717, 1.165) is 37.1 Å². The van der Waals surface area contributed by atoms with E-state index < -0.39 is 0 Å². The van der Waals surface area contributed by atoms with Crippen molar-refractivity contribution in [2.75, 3.05) is 38.2 Å². The number of aromatic nitrogens is 1. The lowest BCUT2D eigenvalue weighted by Gasteiger charge is -2.36. The zero-order chi connectivity index (χ0) is 19.5. The average molecular weight is 395 g/mol. The van der Waals surface area contributed by atoms with E-state index in [1.165, 1.54) is 5.69 Å². The number of benzene rings is 2. The van der Waals surface area contributed by atoms with Crippen molar-refractivity contribution in [3.05, 3.63) is 48.5 Å². The van der Waals surface area contributed by atoms with Crippen LogP contribution in [0.4, 0.5) is 11.4 Å². The Labute approximate surface area is 168 Å². The van der Waals surface area contributed by atoms with Gasteiger partial charge in [0.1, 0.15) is 5.75 Å². The Morgan fingerprint density at radius 2 is 1.86 bits per heavy atom. The molecule has 0 saturated carbocycles. The Hall–Kier alpha value is -3.13. The summed E-state index contributed by atoms with van der Waals surface area (Å²) in [7, 11) is 1.60. The van der Waals surface area contributed by atoms with Gasteiger partial charge in [-0.3, -0.25) is 0 Å². The van der Waals surface area contributed by atoms with Crippen molar-refractivity contribution in [3.8, 4) is 11.6 Å². The van der Waals surface area contributed by atoms with Gasteiger partial charge in [0.2, 0.25) is 11.0 Å². The molecular formula is C20H21N5O2S. The maximum absolute atomic E-state index is 10.2. The summed E-state index contributed by atoms with van der Waals surface area (Å²) >= 11 is 5.45. The number of anilines is 1. The molecule has 1 fully saturated rings. The molecule has 144 valence electrons. The molecule has 0 aliphatic carbocycles. The molecule has 8 heteroatoms. The molecule has 1 saturated heterocycles. The van der Waals surface area contributed by atoms with E-state index in [1.54, 1.807) is 7.11 Å². The largest absolute Gasteiger partial charge is 0.497 e. The average Bonchev–Trinajstić information content (AvgIpc) is 3.06. The van der Waals surface area contributed by atoms with Crippen molar-refractivity contribution < 1.29 is 9.84 Å². The summed E-state index contributed by atoms with van der Waals surface area (Å²) in [5.41, 5.74) is 2.33. The van der Waals surface area contributed by atoms with Gasteiger partial charge in [0, 0.05) is 37.3 Å². The number of thiocarbonyl (C=S) groups is 1. The van der Waals surface area contributed by atoms with Gasteiger partial charge < -0.3 is 24.6 Å². The van der Waals surface area contributed by atoms with E-state index in [4.69, 9.17) is 17.0 Å². The number of nitrogens with one attached hydrogen (secondary N) is 1. The van der Waals surface area contributed by atoms with Gasteiger partial charge in [0.15, 0.2) is 5.69 Å². The van der Waals surface area contributed by atoms with Crippen molar-refractivity contribution in [1.82, 2.24) is 9.88 Å². The molecule has 0 bridgehead atoms. The third-order valence-corrected chi connectivity index (χ3v) is 5.21. The summed E-state index contributed by atoms with van der Waals surface area (Å²) in [4.78, 5) is 7.25. The third kappa shape index (κ3) is 3.63. The number of ether oxygens (including phenoxy) is 1. The van der Waals surface area contributed by atoms with Crippen LogP contribution in [0.3, 0.4) is 0 Å². The van der Waals surface area contributed by atoms with E-state index >= 15 is 0 Å². The number of aromatic hydroxyl groups is 1. The van der Waals surface area contributed by atoms with Gasteiger partial charge in [-0.05, 0) is 42.5 Å². The first-order chi connectivity index (χ1) is 13.7. The number of azo groups is 1. The second kappa shape index (κ2) is 7.85. The van der Waals surface area contributed by atoms with Gasteiger partial charge >= 0.3 is 0 Å². The minimum absolute atomic E-state index is 0.0382. The molecule has 0 radical (unpaired) electrons. The van der Waals surface area contributed by atoms with E-state index in [2.05, 4.69) is 32.2 Å². The highest BCUT2D eigenvalue weighted by Gasteiger charge is 2.19. The number of nitrogens with zero attached hydrogens (tertiary/aromatic N) is 4. The molecule has 0 unspecified atom stereocenters. The van der Waals surface area contributed by atoms with Crippen LogP contribution < -0.4 is 9.64 Å². The number of hydrogen-bond donors (Lipinski definition) is 2. The molecule has 2 aromatic carbocycles. The van der Waals surface area contributed by atoms with E-state index in [0.29, 0.717) is 16.5 Å². The molecule has 7 nitrogen and oxygen atoms in total. The second-order valence-corrected chi connectivity index (χ2v) is 6.89. The summed E-state index contributed by atoms with van der Waals surface area (Å²) in [6.45, 7) is 3.30. The van der Waals surface area contributed by atoms with Gasteiger partial charge in [-0.15, -0.1) is 10.2 Å². The molecule has 2 heterocycles. The fraction of sp³-hybridized carbons (Fsp3) is 0.250. The fourth-order valence-corrected chi connectivity index (χ4v) is 3.54. The van der Waals surface area contributed by atoms with Crippen LogP contribution in [-0.2, 0) is 0 Å². The molecule has 1 aliphatic heterocycles. The predicted molar refractivity (Wildman–Crippen MR) is 114 cm³/mol. The summed E-state index contributed by atoms with van der Waals surface area (Å²) in [6.07, 6.45) is 0. The molecule has 28 heavy (non-hydrogen) atoms. The van der Waals surface area contributed by atoms with Crippen LogP contribution in [0.1, 0.15) is 0 Å². The zero-order valence-electron chi connectivity index (χ0n) is 15.5. The topological polar surface area (TPSA) is 76.4 Å². The van der Waals surface area contributed by atoms with E-state index in [-0.39, 0.29) is 5.88 Å². The smallest absolute Gasteiger partial charge is 0.218 e. The Morgan fingerprint density at radius 3 is 2.57 bits per heavy atom. The van der Waals surface area contributed by atoms with Gasteiger partial charge in [-0.25, -0.2) is 0 Å². The molecule has 0 spiro atoms. The number of hydrogen-bond acceptors (Lipinski definition) is 5. The van der Waals surface area contributed by atoms with Crippen molar-refractivity contribution >= 4 is 39.6 Å². The molecule has 0 atom stereocenters. The Bertz CT molecular complexity index is 1010. The number of fused-ring (bicyclic) bond motifs is 1. The predicted octanol–water partition coefficient (Wildman–Crippen LogP) is 4.07. The van der Waals surface area contributed by atoms with Gasteiger partial charge in [-0.2, -0.15) is 0 Å². The first-order valence-corrected chi connectivity index (χ1v) is 9.46. The maximum atomic E-state index is 10.2. The molecule has 0 amide bonds. The third-order valence-electron chi connectivity index (χ3n) is 4.87. The van der Waals surface area contributed by atoms with E-state index in [1.807, 2.05) is 41.3 Å². The summed E-state index contributed by atoms with van der Waals surface area (Å²) in [5, 5.41) is 19.7.